The molecule has 4 N–H and O–H groups in total. The molecule has 7 heteroatoms. The maximum absolute atomic E-state index is 12.5. The standard InChI is InChI=1S/C23H24N2O2S.C2H6.2H2O/c1-17(26)23(2,28-3)11-15-25-14-10-21(16-22(25)27)19-6-4-18(5-7-19)20-8-12-24-13-9-20;1-2;;/h4-10,12-14,16H,11,15H2,1-3H3;1-2H3;2*1H2. The fourth-order valence-electron chi connectivity index (χ4n) is 3.03. The Balaban J connectivity index is 0.00000234. The van der Waals surface area contributed by atoms with Crippen LogP contribution in [-0.2, 0) is 11.3 Å². The van der Waals surface area contributed by atoms with Gasteiger partial charge in [0.2, 0.25) is 0 Å². The Morgan fingerprint density at radius 3 is 1.91 bits per heavy atom. The first kappa shape index (κ1) is 29.3. The van der Waals surface area contributed by atoms with E-state index in [2.05, 4.69) is 4.98 Å². The van der Waals surface area contributed by atoms with Crippen molar-refractivity contribution in [3.05, 3.63) is 77.5 Å². The smallest absolute Gasteiger partial charge is 0.251 e. The lowest BCUT2D eigenvalue weighted by Gasteiger charge is -2.24. The minimum Gasteiger partial charge on any atom is -0.412 e. The molecular formula is C25H34N2O4S. The number of hydrogen-bond donors (Lipinski definition) is 0. The maximum Gasteiger partial charge on any atom is 0.251 e. The number of nitrogens with zero attached hydrogens (tertiary/aromatic N) is 2. The van der Waals surface area contributed by atoms with E-state index in [9.17, 15) is 9.59 Å². The van der Waals surface area contributed by atoms with Crippen LogP contribution < -0.4 is 5.56 Å². The number of aromatic nitrogens is 2. The Labute approximate surface area is 194 Å². The Kier molecular flexibility index (Phi) is 12.5. The molecule has 0 radical (unpaired) electrons. The fraction of sp³-hybridized carbons (Fsp3) is 0.320. The largest absolute Gasteiger partial charge is 0.412 e. The summed E-state index contributed by atoms with van der Waals surface area (Å²) in [6, 6.07) is 15.7. The molecule has 0 aliphatic heterocycles. The van der Waals surface area contributed by atoms with Gasteiger partial charge in [-0.2, -0.15) is 11.8 Å². The van der Waals surface area contributed by atoms with Gasteiger partial charge in [-0.3, -0.25) is 14.6 Å². The lowest BCUT2D eigenvalue weighted by molar-refractivity contribution is -0.119. The second-order valence-corrected chi connectivity index (χ2v) is 8.31. The highest BCUT2D eigenvalue weighted by Crippen LogP contribution is 2.28. The number of carbonyl (C=O) groups excluding carboxylic acids is 1. The van der Waals surface area contributed by atoms with Gasteiger partial charge in [-0.05, 0) is 67.0 Å². The summed E-state index contributed by atoms with van der Waals surface area (Å²) in [7, 11) is 0. The molecule has 6 nitrogen and oxygen atoms in total. The van der Waals surface area contributed by atoms with Crippen LogP contribution in [0.2, 0.25) is 0 Å². The number of rotatable bonds is 7. The van der Waals surface area contributed by atoms with Gasteiger partial charge in [-0.25, -0.2) is 0 Å². The van der Waals surface area contributed by atoms with Crippen LogP contribution in [-0.4, -0.2) is 37.3 Å². The Hall–Kier alpha value is -2.74. The quantitative estimate of drug-likeness (QED) is 0.531. The van der Waals surface area contributed by atoms with Crippen molar-refractivity contribution in [1.82, 2.24) is 9.55 Å². The van der Waals surface area contributed by atoms with Crippen molar-refractivity contribution >= 4 is 17.5 Å². The van der Waals surface area contributed by atoms with E-state index in [-0.39, 0.29) is 22.3 Å². The third-order valence-electron chi connectivity index (χ3n) is 5.25. The van der Waals surface area contributed by atoms with E-state index in [1.165, 1.54) is 11.8 Å². The third-order valence-corrected chi connectivity index (χ3v) is 6.65. The zero-order chi connectivity index (χ0) is 22.1. The Bertz CT molecular complexity index is 1020. The van der Waals surface area contributed by atoms with Crippen LogP contribution in [0.3, 0.4) is 0 Å². The molecule has 32 heavy (non-hydrogen) atoms. The topological polar surface area (TPSA) is 115 Å². The summed E-state index contributed by atoms with van der Waals surface area (Å²) in [6.07, 6.45) is 7.93. The molecule has 1 aromatic carbocycles. The zero-order valence-electron chi connectivity index (χ0n) is 19.4. The molecule has 1 unspecified atom stereocenters. The van der Waals surface area contributed by atoms with Crippen LogP contribution in [0, 0.1) is 0 Å². The van der Waals surface area contributed by atoms with Crippen LogP contribution in [0.4, 0.5) is 0 Å². The van der Waals surface area contributed by atoms with Crippen molar-refractivity contribution in [2.75, 3.05) is 6.26 Å². The van der Waals surface area contributed by atoms with Crippen LogP contribution in [0.1, 0.15) is 34.1 Å². The highest BCUT2D eigenvalue weighted by molar-refractivity contribution is 8.00. The molecule has 0 aliphatic rings. The second kappa shape index (κ2) is 13.6. The van der Waals surface area contributed by atoms with E-state index < -0.39 is 4.75 Å². The number of aryl methyl sites for hydroxylation is 1. The first-order chi connectivity index (χ1) is 14.4. The summed E-state index contributed by atoms with van der Waals surface area (Å²) in [5.74, 6) is 0.138. The summed E-state index contributed by atoms with van der Waals surface area (Å²) in [5.41, 5.74) is 4.06. The van der Waals surface area contributed by atoms with Crippen molar-refractivity contribution in [2.45, 2.75) is 45.4 Å². The molecule has 0 aliphatic carbocycles. The first-order valence-corrected chi connectivity index (χ1v) is 11.4. The highest BCUT2D eigenvalue weighted by atomic mass is 32.2. The number of Topliss-reactive ketones (excluding diaryl/α,β-unsaturated/α-hetero) is 1. The lowest BCUT2D eigenvalue weighted by Crippen LogP contribution is -2.32. The van der Waals surface area contributed by atoms with E-state index in [4.69, 9.17) is 0 Å². The maximum atomic E-state index is 12.5. The number of thioether (sulfide) groups is 1. The van der Waals surface area contributed by atoms with Gasteiger partial charge in [0, 0.05) is 31.2 Å². The van der Waals surface area contributed by atoms with E-state index in [0.29, 0.717) is 13.0 Å². The molecule has 0 saturated carbocycles. The molecule has 0 spiro atoms. The summed E-state index contributed by atoms with van der Waals surface area (Å²) in [6.45, 7) is 8.07. The number of carbonyl (C=O) groups is 1. The van der Waals surface area contributed by atoms with Crippen molar-refractivity contribution in [1.29, 1.82) is 0 Å². The molecule has 174 valence electrons. The molecule has 0 amide bonds. The van der Waals surface area contributed by atoms with E-state index in [0.717, 1.165) is 22.3 Å². The van der Waals surface area contributed by atoms with Gasteiger partial charge in [-0.15, -0.1) is 0 Å². The predicted molar refractivity (Wildman–Crippen MR) is 135 cm³/mol. The minimum absolute atomic E-state index is 0. The van der Waals surface area contributed by atoms with Gasteiger partial charge in [0.15, 0.2) is 0 Å². The zero-order valence-corrected chi connectivity index (χ0v) is 20.2. The first-order valence-electron chi connectivity index (χ1n) is 10.2. The summed E-state index contributed by atoms with van der Waals surface area (Å²) < 4.78 is 1.22. The van der Waals surface area contributed by atoms with E-state index >= 15 is 0 Å². The molecule has 2 heterocycles. The van der Waals surface area contributed by atoms with E-state index in [1.807, 2.05) is 75.7 Å². The predicted octanol–water partition coefficient (Wildman–Crippen LogP) is 4.05. The van der Waals surface area contributed by atoms with Gasteiger partial charge < -0.3 is 15.5 Å². The van der Waals surface area contributed by atoms with Crippen LogP contribution in [0.15, 0.2) is 71.9 Å². The normalized spacial score (nSPS) is 11.7. The van der Waals surface area contributed by atoms with Gasteiger partial charge >= 0.3 is 0 Å². The number of ketones is 1. The molecule has 1 atom stereocenters. The number of pyridine rings is 2. The fourth-order valence-corrected chi connectivity index (χ4v) is 3.61. The number of benzene rings is 1. The minimum atomic E-state index is -0.457. The second-order valence-electron chi connectivity index (χ2n) is 7.00. The molecule has 3 rings (SSSR count). The molecule has 0 saturated heterocycles. The summed E-state index contributed by atoms with van der Waals surface area (Å²) in [5, 5.41) is 0. The highest BCUT2D eigenvalue weighted by Gasteiger charge is 2.28. The average molecular weight is 459 g/mol. The Morgan fingerprint density at radius 1 is 0.938 bits per heavy atom. The molecule has 2 aromatic heterocycles. The van der Waals surface area contributed by atoms with Crippen molar-refractivity contribution in [3.8, 4) is 22.3 Å². The molecular weight excluding hydrogens is 424 g/mol. The molecule has 3 aromatic rings. The van der Waals surface area contributed by atoms with Crippen LogP contribution in [0.5, 0.6) is 0 Å². The van der Waals surface area contributed by atoms with Crippen LogP contribution in [0.25, 0.3) is 22.3 Å². The molecule has 0 bridgehead atoms. The van der Waals surface area contributed by atoms with Crippen LogP contribution >= 0.6 is 11.8 Å². The summed E-state index contributed by atoms with van der Waals surface area (Å²) >= 11 is 1.54. The van der Waals surface area contributed by atoms with Crippen molar-refractivity contribution < 1.29 is 15.7 Å². The van der Waals surface area contributed by atoms with Gasteiger partial charge in [0.25, 0.3) is 5.56 Å². The van der Waals surface area contributed by atoms with Crippen molar-refractivity contribution in [2.24, 2.45) is 0 Å². The number of hydrogen-bond acceptors (Lipinski definition) is 4. The van der Waals surface area contributed by atoms with Gasteiger partial charge in [0.1, 0.15) is 5.78 Å². The van der Waals surface area contributed by atoms with Gasteiger partial charge in [0.05, 0.1) is 4.75 Å². The monoisotopic (exact) mass is 458 g/mol. The SMILES string of the molecule is CC.CSC(C)(CCn1ccc(-c2ccc(-c3ccncc3)cc2)cc1=O)C(C)=O.O.O. The third kappa shape index (κ3) is 7.15. The lowest BCUT2D eigenvalue weighted by atomic mass is 10.0. The molecule has 0 fully saturated rings. The summed E-state index contributed by atoms with van der Waals surface area (Å²) in [4.78, 5) is 28.4. The average Bonchev–Trinajstić information content (AvgIpc) is 2.80. The van der Waals surface area contributed by atoms with Gasteiger partial charge in [-0.1, -0.05) is 38.1 Å². The Morgan fingerprint density at radius 2 is 1.44 bits per heavy atom. The van der Waals surface area contributed by atoms with E-state index in [1.54, 1.807) is 30.0 Å². The van der Waals surface area contributed by atoms with Crippen molar-refractivity contribution in [3.63, 3.8) is 0 Å².